The van der Waals surface area contributed by atoms with Gasteiger partial charge < -0.3 is 4.74 Å². The quantitative estimate of drug-likeness (QED) is 0.720. The van der Waals surface area contributed by atoms with Crippen molar-refractivity contribution in [3.8, 4) is 6.07 Å². The smallest absolute Gasteiger partial charge is 0.311 e. The van der Waals surface area contributed by atoms with Crippen molar-refractivity contribution in [1.29, 1.82) is 5.26 Å². The Bertz CT molecular complexity index is 469. The second kappa shape index (κ2) is 5.00. The Labute approximate surface area is 128 Å². The molecule has 5 unspecified atom stereocenters. The molecule has 116 valence electrons. The number of nitriles is 1. The van der Waals surface area contributed by atoms with Crippen LogP contribution in [0.3, 0.4) is 0 Å². The highest BCUT2D eigenvalue weighted by Crippen LogP contribution is 2.60. The van der Waals surface area contributed by atoms with Crippen LogP contribution in [0.15, 0.2) is 0 Å². The Hall–Kier alpha value is -1.04. The Morgan fingerprint density at radius 1 is 1.24 bits per heavy atom. The third kappa shape index (κ3) is 2.37. The van der Waals surface area contributed by atoms with Crippen molar-refractivity contribution in [3.63, 3.8) is 0 Å². The van der Waals surface area contributed by atoms with Crippen molar-refractivity contribution in [2.24, 2.45) is 29.1 Å². The minimum absolute atomic E-state index is 0.132. The van der Waals surface area contributed by atoms with Crippen LogP contribution in [0.2, 0.25) is 0 Å². The van der Waals surface area contributed by atoms with Crippen molar-refractivity contribution >= 4 is 5.97 Å². The summed E-state index contributed by atoms with van der Waals surface area (Å²) in [4.78, 5) is 12.5. The molecule has 0 saturated heterocycles. The van der Waals surface area contributed by atoms with E-state index < -0.39 is 11.0 Å². The van der Waals surface area contributed by atoms with E-state index in [1.54, 1.807) is 0 Å². The van der Waals surface area contributed by atoms with E-state index in [4.69, 9.17) is 4.74 Å². The molecular formula is C18H27NO2. The van der Waals surface area contributed by atoms with Gasteiger partial charge >= 0.3 is 5.97 Å². The van der Waals surface area contributed by atoms with Crippen LogP contribution in [0.25, 0.3) is 0 Å². The van der Waals surface area contributed by atoms with Crippen LogP contribution in [0.1, 0.15) is 65.7 Å². The summed E-state index contributed by atoms with van der Waals surface area (Å²) in [5.74, 6) is 2.17. The van der Waals surface area contributed by atoms with Gasteiger partial charge in [-0.25, -0.2) is 0 Å². The summed E-state index contributed by atoms with van der Waals surface area (Å²) in [5.41, 5.74) is -0.980. The van der Waals surface area contributed by atoms with Gasteiger partial charge in [0.2, 0.25) is 0 Å². The van der Waals surface area contributed by atoms with Crippen LogP contribution in [-0.4, -0.2) is 11.6 Å². The van der Waals surface area contributed by atoms with Gasteiger partial charge in [0.15, 0.2) is 0 Å². The monoisotopic (exact) mass is 289 g/mol. The van der Waals surface area contributed by atoms with E-state index in [9.17, 15) is 10.1 Å². The Balaban J connectivity index is 1.93. The molecule has 3 aliphatic carbocycles. The van der Waals surface area contributed by atoms with E-state index in [0.717, 1.165) is 18.8 Å². The first kappa shape index (κ1) is 14.9. The molecule has 0 aromatic heterocycles. The van der Waals surface area contributed by atoms with Crippen molar-refractivity contribution in [1.82, 2.24) is 0 Å². The molecule has 0 aromatic carbocycles. The van der Waals surface area contributed by atoms with Crippen molar-refractivity contribution in [2.75, 3.05) is 0 Å². The Morgan fingerprint density at radius 2 is 1.95 bits per heavy atom. The van der Waals surface area contributed by atoms with Gasteiger partial charge in [-0.15, -0.1) is 0 Å². The zero-order valence-electron chi connectivity index (χ0n) is 13.5. The van der Waals surface area contributed by atoms with Crippen LogP contribution in [0.4, 0.5) is 0 Å². The van der Waals surface area contributed by atoms with E-state index in [-0.39, 0.29) is 5.97 Å². The summed E-state index contributed by atoms with van der Waals surface area (Å²) < 4.78 is 6.14. The molecule has 0 spiro atoms. The summed E-state index contributed by atoms with van der Waals surface area (Å²) in [5, 5.41) is 9.38. The van der Waals surface area contributed by atoms with Crippen molar-refractivity contribution < 1.29 is 9.53 Å². The minimum Gasteiger partial charge on any atom is -0.457 e. The fourth-order valence-corrected chi connectivity index (χ4v) is 5.08. The molecule has 0 amide bonds. The number of esters is 1. The average Bonchev–Trinajstić information content (AvgIpc) is 2.37. The molecule has 3 aliphatic rings. The molecule has 3 fully saturated rings. The number of ether oxygens (including phenoxy) is 1. The molecule has 0 N–H and O–H groups in total. The Morgan fingerprint density at radius 3 is 2.62 bits per heavy atom. The third-order valence-electron chi connectivity index (χ3n) is 6.17. The maximum Gasteiger partial charge on any atom is 0.311 e. The fourth-order valence-electron chi connectivity index (χ4n) is 5.08. The van der Waals surface area contributed by atoms with Gasteiger partial charge in [0.25, 0.3) is 0 Å². The lowest BCUT2D eigenvalue weighted by atomic mass is 9.50. The van der Waals surface area contributed by atoms with Gasteiger partial charge in [0, 0.05) is 11.8 Å². The number of fused-ring (bicyclic) bond motifs is 2. The molecule has 5 atom stereocenters. The second-order valence-electron chi connectivity index (χ2n) is 8.48. The van der Waals surface area contributed by atoms with Crippen molar-refractivity contribution in [2.45, 2.75) is 71.3 Å². The molecule has 0 aromatic rings. The predicted molar refractivity (Wildman–Crippen MR) is 80.2 cm³/mol. The SMILES string of the molecule is CC(C)(C)C(=O)OC1(CC#N)C2CCC3CCC(C2)CC31. The summed E-state index contributed by atoms with van der Waals surface area (Å²) in [6, 6.07) is 2.35. The first-order chi connectivity index (χ1) is 9.87. The van der Waals surface area contributed by atoms with Gasteiger partial charge in [0.1, 0.15) is 5.60 Å². The summed E-state index contributed by atoms with van der Waals surface area (Å²) in [6.07, 6.45) is 7.71. The molecule has 3 heteroatoms. The van der Waals surface area contributed by atoms with Crippen LogP contribution >= 0.6 is 0 Å². The van der Waals surface area contributed by atoms with Crippen LogP contribution in [0.5, 0.6) is 0 Å². The first-order valence-corrected chi connectivity index (χ1v) is 8.47. The lowest BCUT2D eigenvalue weighted by Gasteiger charge is -2.59. The zero-order valence-corrected chi connectivity index (χ0v) is 13.5. The lowest BCUT2D eigenvalue weighted by Crippen LogP contribution is -2.60. The molecule has 3 nitrogen and oxygen atoms in total. The first-order valence-electron chi connectivity index (χ1n) is 8.47. The number of carbonyl (C=O) groups is 1. The van der Waals surface area contributed by atoms with E-state index in [2.05, 4.69) is 6.07 Å². The standard InChI is InChI=1S/C18H27NO2/c1-17(2,3)16(20)21-18(8-9-19)14-7-6-13-5-4-12(10-14)11-15(13)18/h12-15H,4-8,10-11H2,1-3H3. The number of carbonyl (C=O) groups excluding carboxylic acids is 1. The number of rotatable bonds is 2. The molecule has 0 heterocycles. The maximum atomic E-state index is 12.5. The molecule has 0 aliphatic heterocycles. The molecule has 3 rings (SSSR count). The van der Waals surface area contributed by atoms with Gasteiger partial charge in [-0.2, -0.15) is 5.26 Å². The molecule has 21 heavy (non-hydrogen) atoms. The number of hydrogen-bond donors (Lipinski definition) is 0. The predicted octanol–water partition coefficient (Wildman–Crippen LogP) is 4.07. The lowest BCUT2D eigenvalue weighted by molar-refractivity contribution is -0.214. The molecular weight excluding hydrogens is 262 g/mol. The maximum absolute atomic E-state index is 12.5. The van der Waals surface area contributed by atoms with Crippen LogP contribution in [0, 0.1) is 40.4 Å². The zero-order chi connectivity index (χ0) is 15.3. The third-order valence-corrected chi connectivity index (χ3v) is 6.17. The summed E-state index contributed by atoms with van der Waals surface area (Å²) in [6.45, 7) is 5.71. The van der Waals surface area contributed by atoms with Gasteiger partial charge in [-0.3, -0.25) is 4.79 Å². The van der Waals surface area contributed by atoms with Gasteiger partial charge in [-0.1, -0.05) is 6.42 Å². The van der Waals surface area contributed by atoms with E-state index in [1.165, 1.54) is 25.7 Å². The topological polar surface area (TPSA) is 50.1 Å². The number of hydrogen-bond acceptors (Lipinski definition) is 3. The Kier molecular flexibility index (Phi) is 3.55. The summed E-state index contributed by atoms with van der Waals surface area (Å²) in [7, 11) is 0. The largest absolute Gasteiger partial charge is 0.457 e. The average molecular weight is 289 g/mol. The van der Waals surface area contributed by atoms with Crippen molar-refractivity contribution in [3.05, 3.63) is 0 Å². The molecule has 0 radical (unpaired) electrons. The van der Waals surface area contributed by atoms with E-state index in [1.807, 2.05) is 20.8 Å². The highest BCUT2D eigenvalue weighted by atomic mass is 16.6. The van der Waals surface area contributed by atoms with Gasteiger partial charge in [-0.05, 0) is 64.7 Å². The fraction of sp³-hybridized carbons (Fsp3) is 0.889. The highest BCUT2D eigenvalue weighted by Gasteiger charge is 2.59. The van der Waals surface area contributed by atoms with E-state index >= 15 is 0 Å². The highest BCUT2D eigenvalue weighted by molar-refractivity contribution is 5.76. The van der Waals surface area contributed by atoms with Gasteiger partial charge in [0.05, 0.1) is 17.9 Å². The van der Waals surface area contributed by atoms with Crippen LogP contribution < -0.4 is 0 Å². The second-order valence-corrected chi connectivity index (χ2v) is 8.48. The number of nitrogens with zero attached hydrogens (tertiary/aromatic N) is 1. The molecule has 3 bridgehead atoms. The van der Waals surface area contributed by atoms with E-state index in [0.29, 0.717) is 24.2 Å². The summed E-state index contributed by atoms with van der Waals surface area (Å²) >= 11 is 0. The normalized spacial score (nSPS) is 41.4. The minimum atomic E-state index is -0.493. The van der Waals surface area contributed by atoms with Crippen LogP contribution in [-0.2, 0) is 9.53 Å². The molecule has 3 saturated carbocycles.